The molecule has 0 saturated heterocycles. The van der Waals surface area contributed by atoms with Gasteiger partial charge in [-0.2, -0.15) is 0 Å². The summed E-state index contributed by atoms with van der Waals surface area (Å²) in [7, 11) is 2.16. The third-order valence-corrected chi connectivity index (χ3v) is 3.09. The zero-order valence-corrected chi connectivity index (χ0v) is 9.39. The van der Waals surface area contributed by atoms with Crippen molar-refractivity contribution in [3.8, 4) is 0 Å². The maximum absolute atomic E-state index is 2.31. The molecule has 0 bridgehead atoms. The van der Waals surface area contributed by atoms with E-state index in [4.69, 9.17) is 0 Å². The molecule has 1 heterocycles. The first-order chi connectivity index (χ1) is 6.65. The van der Waals surface area contributed by atoms with Gasteiger partial charge in [-0.05, 0) is 38.0 Å². The molecule has 0 aliphatic rings. The number of hydrogen-bond donors (Lipinski definition) is 0. The van der Waals surface area contributed by atoms with Crippen LogP contribution in [0.3, 0.4) is 0 Å². The number of aromatic nitrogens is 1. The Morgan fingerprint density at radius 1 is 1.21 bits per heavy atom. The first-order valence-electron chi connectivity index (χ1n) is 5.19. The molecule has 0 unspecified atom stereocenters. The lowest BCUT2D eigenvalue weighted by Gasteiger charge is -2.01. The molecule has 0 fully saturated rings. The van der Waals surface area contributed by atoms with Crippen LogP contribution < -0.4 is 0 Å². The summed E-state index contributed by atoms with van der Waals surface area (Å²) >= 11 is 0. The van der Waals surface area contributed by atoms with E-state index in [1.807, 2.05) is 0 Å². The second kappa shape index (κ2) is 3.16. The van der Waals surface area contributed by atoms with Crippen LogP contribution in [0.4, 0.5) is 0 Å². The number of benzene rings is 1. The van der Waals surface area contributed by atoms with Gasteiger partial charge < -0.3 is 4.57 Å². The number of fused-ring (bicyclic) bond motifs is 1. The summed E-state index contributed by atoms with van der Waals surface area (Å²) in [5.74, 6) is 0. The van der Waals surface area contributed by atoms with Crippen LogP contribution in [-0.4, -0.2) is 4.57 Å². The predicted octanol–water partition coefficient (Wildman–Crippen LogP) is 3.36. The second-order valence-electron chi connectivity index (χ2n) is 4.00. The van der Waals surface area contributed by atoms with E-state index in [2.05, 4.69) is 50.6 Å². The minimum absolute atomic E-state index is 1.11. The smallest absolute Gasteiger partial charge is 0.0482 e. The summed E-state index contributed by atoms with van der Waals surface area (Å²) in [6, 6.07) is 6.68. The molecule has 1 aromatic carbocycles. The zero-order chi connectivity index (χ0) is 10.3. The molecule has 0 aliphatic heterocycles. The number of nitrogens with zero attached hydrogens (tertiary/aromatic N) is 1. The van der Waals surface area contributed by atoms with Crippen LogP contribution in [0.15, 0.2) is 18.2 Å². The summed E-state index contributed by atoms with van der Waals surface area (Å²) in [4.78, 5) is 0. The molecule has 0 spiro atoms. The maximum Gasteiger partial charge on any atom is 0.0482 e. The standard InChI is InChI=1S/C13H17N/c1-5-12-10(3)11-8-9(2)6-7-13(11)14(12)4/h6-8H,5H2,1-4H3. The van der Waals surface area contributed by atoms with Crippen molar-refractivity contribution in [3.05, 3.63) is 35.0 Å². The highest BCUT2D eigenvalue weighted by Gasteiger charge is 2.09. The van der Waals surface area contributed by atoms with Gasteiger partial charge in [0.15, 0.2) is 0 Å². The van der Waals surface area contributed by atoms with E-state index in [0.717, 1.165) is 6.42 Å². The lowest BCUT2D eigenvalue weighted by Crippen LogP contribution is -1.94. The maximum atomic E-state index is 2.31. The van der Waals surface area contributed by atoms with Crippen molar-refractivity contribution in [3.63, 3.8) is 0 Å². The molecule has 0 saturated carbocycles. The monoisotopic (exact) mass is 187 g/mol. The number of hydrogen-bond acceptors (Lipinski definition) is 0. The molecule has 0 amide bonds. The first-order valence-corrected chi connectivity index (χ1v) is 5.19. The molecule has 0 radical (unpaired) electrons. The third-order valence-electron chi connectivity index (χ3n) is 3.09. The minimum Gasteiger partial charge on any atom is -0.347 e. The first kappa shape index (κ1) is 9.32. The van der Waals surface area contributed by atoms with E-state index >= 15 is 0 Å². The molecular weight excluding hydrogens is 170 g/mol. The molecule has 0 atom stereocenters. The Bertz CT molecular complexity index is 477. The molecular formula is C13H17N. The van der Waals surface area contributed by atoms with Gasteiger partial charge in [-0.1, -0.05) is 18.6 Å². The van der Waals surface area contributed by atoms with Crippen LogP contribution >= 0.6 is 0 Å². The van der Waals surface area contributed by atoms with Crippen LogP contribution in [0.5, 0.6) is 0 Å². The van der Waals surface area contributed by atoms with Crippen molar-refractivity contribution >= 4 is 10.9 Å². The Morgan fingerprint density at radius 2 is 1.93 bits per heavy atom. The Balaban J connectivity index is 2.87. The van der Waals surface area contributed by atoms with E-state index < -0.39 is 0 Å². The van der Waals surface area contributed by atoms with Crippen molar-refractivity contribution in [2.75, 3.05) is 0 Å². The van der Waals surface area contributed by atoms with Crippen LogP contribution in [0, 0.1) is 13.8 Å². The fourth-order valence-corrected chi connectivity index (χ4v) is 2.30. The summed E-state index contributed by atoms with van der Waals surface area (Å²) in [5.41, 5.74) is 5.58. The highest BCUT2D eigenvalue weighted by Crippen LogP contribution is 2.25. The highest BCUT2D eigenvalue weighted by atomic mass is 14.9. The summed E-state index contributed by atoms with van der Waals surface area (Å²) in [5, 5.41) is 1.41. The van der Waals surface area contributed by atoms with Crippen LogP contribution in [-0.2, 0) is 13.5 Å². The molecule has 2 aromatic rings. The average molecular weight is 187 g/mol. The molecule has 74 valence electrons. The molecule has 1 aromatic heterocycles. The molecule has 0 N–H and O–H groups in total. The Kier molecular flexibility index (Phi) is 2.10. The normalized spacial score (nSPS) is 11.1. The molecule has 1 nitrogen and oxygen atoms in total. The van der Waals surface area contributed by atoms with Crippen molar-refractivity contribution < 1.29 is 0 Å². The zero-order valence-electron chi connectivity index (χ0n) is 9.39. The molecule has 1 heteroatoms. The van der Waals surface area contributed by atoms with E-state index in [1.54, 1.807) is 0 Å². The van der Waals surface area contributed by atoms with Crippen molar-refractivity contribution in [2.45, 2.75) is 27.2 Å². The topological polar surface area (TPSA) is 4.93 Å². The van der Waals surface area contributed by atoms with Gasteiger partial charge in [-0.15, -0.1) is 0 Å². The van der Waals surface area contributed by atoms with Gasteiger partial charge in [0.05, 0.1) is 0 Å². The van der Waals surface area contributed by atoms with Crippen LogP contribution in [0.2, 0.25) is 0 Å². The van der Waals surface area contributed by atoms with Gasteiger partial charge >= 0.3 is 0 Å². The van der Waals surface area contributed by atoms with E-state index in [1.165, 1.54) is 27.7 Å². The van der Waals surface area contributed by atoms with Gasteiger partial charge in [-0.3, -0.25) is 0 Å². The summed E-state index contributed by atoms with van der Waals surface area (Å²) in [6.07, 6.45) is 1.11. The lowest BCUT2D eigenvalue weighted by atomic mass is 10.1. The summed E-state index contributed by atoms with van der Waals surface area (Å²) < 4.78 is 2.31. The van der Waals surface area contributed by atoms with Gasteiger partial charge in [0.25, 0.3) is 0 Å². The SMILES string of the molecule is CCc1c(C)c2cc(C)ccc2n1C. The van der Waals surface area contributed by atoms with Gasteiger partial charge in [0.1, 0.15) is 0 Å². The fraction of sp³-hybridized carbons (Fsp3) is 0.385. The van der Waals surface area contributed by atoms with Gasteiger partial charge in [0, 0.05) is 23.6 Å². The van der Waals surface area contributed by atoms with E-state index in [9.17, 15) is 0 Å². The Morgan fingerprint density at radius 3 is 2.57 bits per heavy atom. The number of rotatable bonds is 1. The van der Waals surface area contributed by atoms with E-state index in [-0.39, 0.29) is 0 Å². The van der Waals surface area contributed by atoms with E-state index in [0.29, 0.717) is 0 Å². The van der Waals surface area contributed by atoms with Crippen molar-refractivity contribution in [1.82, 2.24) is 4.57 Å². The minimum atomic E-state index is 1.11. The average Bonchev–Trinajstić information content (AvgIpc) is 2.39. The summed E-state index contributed by atoms with van der Waals surface area (Å²) in [6.45, 7) is 6.59. The van der Waals surface area contributed by atoms with Crippen molar-refractivity contribution in [1.29, 1.82) is 0 Å². The fourth-order valence-electron chi connectivity index (χ4n) is 2.30. The molecule has 2 rings (SSSR count). The Labute approximate surface area is 85.4 Å². The highest BCUT2D eigenvalue weighted by molar-refractivity contribution is 5.85. The quantitative estimate of drug-likeness (QED) is 0.645. The lowest BCUT2D eigenvalue weighted by molar-refractivity contribution is 0.857. The van der Waals surface area contributed by atoms with Crippen LogP contribution in [0.25, 0.3) is 10.9 Å². The number of aryl methyl sites for hydroxylation is 3. The largest absolute Gasteiger partial charge is 0.347 e. The third kappa shape index (κ3) is 1.16. The molecule has 14 heavy (non-hydrogen) atoms. The van der Waals surface area contributed by atoms with Gasteiger partial charge in [-0.25, -0.2) is 0 Å². The Hall–Kier alpha value is -1.24. The van der Waals surface area contributed by atoms with Gasteiger partial charge in [0.2, 0.25) is 0 Å². The van der Waals surface area contributed by atoms with Crippen molar-refractivity contribution in [2.24, 2.45) is 7.05 Å². The predicted molar refractivity (Wildman–Crippen MR) is 61.8 cm³/mol. The second-order valence-corrected chi connectivity index (χ2v) is 4.00. The van der Waals surface area contributed by atoms with Crippen LogP contribution in [0.1, 0.15) is 23.7 Å². The molecule has 0 aliphatic carbocycles.